The second-order valence-corrected chi connectivity index (χ2v) is 5.88. The first kappa shape index (κ1) is 16.2. The van der Waals surface area contributed by atoms with Crippen molar-refractivity contribution in [2.45, 2.75) is 32.7 Å². The van der Waals surface area contributed by atoms with E-state index in [-0.39, 0.29) is 6.03 Å². The monoisotopic (exact) mass is 325 g/mol. The minimum atomic E-state index is -0.255. The summed E-state index contributed by atoms with van der Waals surface area (Å²) in [5.41, 5.74) is 2.02. The molecule has 0 saturated carbocycles. The quantitative estimate of drug-likeness (QED) is 0.887. The number of amides is 2. The maximum atomic E-state index is 12.0. The number of hydrogen-bond acceptors (Lipinski definition) is 4. The van der Waals surface area contributed by atoms with Gasteiger partial charge in [0, 0.05) is 25.0 Å². The van der Waals surface area contributed by atoms with E-state index >= 15 is 0 Å². The highest BCUT2D eigenvalue weighted by molar-refractivity contribution is 5.89. The molecule has 2 N–H and O–H groups in total. The molecule has 6 nitrogen and oxygen atoms in total. The topological polar surface area (TPSA) is 70.2 Å². The van der Waals surface area contributed by atoms with Gasteiger partial charge >= 0.3 is 6.03 Å². The Labute approximate surface area is 142 Å². The molecule has 0 radical (unpaired) electrons. The van der Waals surface area contributed by atoms with E-state index in [0.29, 0.717) is 12.4 Å². The largest absolute Gasteiger partial charge is 0.357 e. The molecular formula is C18H23N5O. The molecule has 0 atom stereocenters. The lowest BCUT2D eigenvalue weighted by molar-refractivity contribution is 0.251. The zero-order chi connectivity index (χ0) is 16.8. The number of anilines is 2. The number of urea groups is 1. The van der Waals surface area contributed by atoms with Crippen molar-refractivity contribution >= 4 is 17.5 Å². The lowest BCUT2D eigenvalue weighted by Crippen LogP contribution is -2.29. The van der Waals surface area contributed by atoms with Gasteiger partial charge in [-0.3, -0.25) is 0 Å². The molecule has 126 valence electrons. The van der Waals surface area contributed by atoms with Gasteiger partial charge in [0.1, 0.15) is 11.6 Å². The van der Waals surface area contributed by atoms with Crippen LogP contribution in [-0.2, 0) is 13.0 Å². The molecule has 1 aliphatic rings. The van der Waals surface area contributed by atoms with Crippen LogP contribution in [0.15, 0.2) is 36.5 Å². The van der Waals surface area contributed by atoms with Gasteiger partial charge in [-0.15, -0.1) is 0 Å². The summed E-state index contributed by atoms with van der Waals surface area (Å²) in [6, 6.07) is 9.50. The molecule has 2 heterocycles. The van der Waals surface area contributed by atoms with Crippen LogP contribution in [-0.4, -0.2) is 29.1 Å². The molecule has 1 saturated heterocycles. The van der Waals surface area contributed by atoms with Crippen LogP contribution in [0.2, 0.25) is 0 Å². The third kappa shape index (κ3) is 4.22. The highest BCUT2D eigenvalue weighted by atomic mass is 16.2. The third-order valence-electron chi connectivity index (χ3n) is 4.15. The summed E-state index contributed by atoms with van der Waals surface area (Å²) >= 11 is 0. The minimum Gasteiger partial charge on any atom is -0.357 e. The SMILES string of the molecule is CCc1ccc(NC(=O)NCc2nccc(N3CCCC3)n2)cc1. The minimum absolute atomic E-state index is 0.255. The van der Waals surface area contributed by atoms with Crippen LogP contribution >= 0.6 is 0 Å². The van der Waals surface area contributed by atoms with Crippen molar-refractivity contribution < 1.29 is 4.79 Å². The Morgan fingerprint density at radius 3 is 2.62 bits per heavy atom. The van der Waals surface area contributed by atoms with Crippen LogP contribution < -0.4 is 15.5 Å². The number of aryl methyl sites for hydroxylation is 1. The van der Waals surface area contributed by atoms with Crippen molar-refractivity contribution in [3.05, 3.63) is 47.9 Å². The van der Waals surface area contributed by atoms with Crippen molar-refractivity contribution in [1.29, 1.82) is 0 Å². The number of nitrogens with zero attached hydrogens (tertiary/aromatic N) is 3. The van der Waals surface area contributed by atoms with Gasteiger partial charge in [0.15, 0.2) is 0 Å². The lowest BCUT2D eigenvalue weighted by Gasteiger charge is -2.16. The Morgan fingerprint density at radius 1 is 1.17 bits per heavy atom. The standard InChI is InChI=1S/C18H23N5O/c1-2-14-5-7-15(8-6-14)21-18(24)20-13-16-19-10-9-17(22-16)23-11-3-4-12-23/h5-10H,2-4,11-13H2,1H3,(H2,20,21,24). The van der Waals surface area contributed by atoms with Crippen LogP contribution in [0.3, 0.4) is 0 Å². The Kier molecular flexibility index (Phi) is 5.25. The van der Waals surface area contributed by atoms with Crippen LogP contribution in [0.1, 0.15) is 31.2 Å². The van der Waals surface area contributed by atoms with Crippen molar-refractivity contribution in [3.63, 3.8) is 0 Å². The second-order valence-electron chi connectivity index (χ2n) is 5.88. The van der Waals surface area contributed by atoms with E-state index in [4.69, 9.17) is 0 Å². The summed E-state index contributed by atoms with van der Waals surface area (Å²) < 4.78 is 0. The molecule has 1 aromatic carbocycles. The molecule has 3 rings (SSSR count). The average Bonchev–Trinajstić information content (AvgIpc) is 3.16. The Morgan fingerprint density at radius 2 is 1.92 bits per heavy atom. The fraction of sp³-hybridized carbons (Fsp3) is 0.389. The smallest absolute Gasteiger partial charge is 0.319 e. The van der Waals surface area contributed by atoms with Crippen LogP contribution in [0, 0.1) is 0 Å². The summed E-state index contributed by atoms with van der Waals surface area (Å²) in [6.07, 6.45) is 5.14. The Bertz CT molecular complexity index is 680. The second kappa shape index (κ2) is 7.77. The first-order valence-corrected chi connectivity index (χ1v) is 8.45. The van der Waals surface area contributed by atoms with Gasteiger partial charge in [0.2, 0.25) is 0 Å². The van der Waals surface area contributed by atoms with Gasteiger partial charge in [0.05, 0.1) is 6.54 Å². The maximum absolute atomic E-state index is 12.0. The molecule has 24 heavy (non-hydrogen) atoms. The highest BCUT2D eigenvalue weighted by Gasteiger charge is 2.14. The molecule has 0 spiro atoms. The van der Waals surface area contributed by atoms with Gasteiger partial charge in [0.25, 0.3) is 0 Å². The van der Waals surface area contributed by atoms with E-state index in [1.54, 1.807) is 6.20 Å². The van der Waals surface area contributed by atoms with E-state index in [0.717, 1.165) is 31.0 Å². The number of benzene rings is 1. The highest BCUT2D eigenvalue weighted by Crippen LogP contribution is 2.16. The van der Waals surface area contributed by atoms with E-state index in [1.165, 1.54) is 18.4 Å². The number of rotatable bonds is 5. The summed E-state index contributed by atoms with van der Waals surface area (Å²) in [5, 5.41) is 5.62. The van der Waals surface area contributed by atoms with E-state index in [9.17, 15) is 4.79 Å². The average molecular weight is 325 g/mol. The van der Waals surface area contributed by atoms with Gasteiger partial charge in [-0.1, -0.05) is 19.1 Å². The zero-order valence-electron chi connectivity index (χ0n) is 14.0. The lowest BCUT2D eigenvalue weighted by atomic mass is 10.1. The molecular weight excluding hydrogens is 302 g/mol. The summed E-state index contributed by atoms with van der Waals surface area (Å²) in [7, 11) is 0. The number of carbonyl (C=O) groups excluding carboxylic acids is 1. The van der Waals surface area contributed by atoms with E-state index < -0.39 is 0 Å². The predicted molar refractivity (Wildman–Crippen MR) is 95.2 cm³/mol. The summed E-state index contributed by atoms with van der Waals surface area (Å²) in [5.74, 6) is 1.56. The maximum Gasteiger partial charge on any atom is 0.319 e. The molecule has 2 amide bonds. The normalized spacial score (nSPS) is 13.8. The number of nitrogens with one attached hydrogen (secondary N) is 2. The fourth-order valence-corrected chi connectivity index (χ4v) is 2.75. The number of carbonyl (C=O) groups is 1. The van der Waals surface area contributed by atoms with Gasteiger partial charge in [-0.25, -0.2) is 14.8 Å². The Balaban J connectivity index is 1.52. The predicted octanol–water partition coefficient (Wildman–Crippen LogP) is 2.96. The number of aromatic nitrogens is 2. The molecule has 1 aliphatic heterocycles. The van der Waals surface area contributed by atoms with Gasteiger partial charge in [-0.2, -0.15) is 0 Å². The zero-order valence-corrected chi connectivity index (χ0v) is 14.0. The van der Waals surface area contributed by atoms with Crippen molar-refractivity contribution in [3.8, 4) is 0 Å². The molecule has 0 aliphatic carbocycles. The van der Waals surface area contributed by atoms with Crippen LogP contribution in [0.5, 0.6) is 0 Å². The van der Waals surface area contributed by atoms with Crippen molar-refractivity contribution in [2.75, 3.05) is 23.3 Å². The molecule has 1 aromatic heterocycles. The summed E-state index contributed by atoms with van der Waals surface area (Å²) in [6.45, 7) is 4.49. The first-order chi connectivity index (χ1) is 11.7. The molecule has 6 heteroatoms. The fourth-order valence-electron chi connectivity index (χ4n) is 2.75. The van der Waals surface area contributed by atoms with Crippen LogP contribution in [0.25, 0.3) is 0 Å². The van der Waals surface area contributed by atoms with Gasteiger partial charge in [-0.05, 0) is 43.0 Å². The van der Waals surface area contributed by atoms with E-state index in [1.807, 2.05) is 30.3 Å². The molecule has 2 aromatic rings. The Hall–Kier alpha value is -2.63. The first-order valence-electron chi connectivity index (χ1n) is 8.45. The van der Waals surface area contributed by atoms with Gasteiger partial charge < -0.3 is 15.5 Å². The third-order valence-corrected chi connectivity index (χ3v) is 4.15. The van der Waals surface area contributed by atoms with Crippen LogP contribution in [0.4, 0.5) is 16.3 Å². The van der Waals surface area contributed by atoms with Crippen molar-refractivity contribution in [1.82, 2.24) is 15.3 Å². The number of hydrogen-bond donors (Lipinski definition) is 2. The molecule has 0 unspecified atom stereocenters. The molecule has 1 fully saturated rings. The summed E-state index contributed by atoms with van der Waals surface area (Å²) in [4.78, 5) is 23.0. The van der Waals surface area contributed by atoms with Crippen molar-refractivity contribution in [2.24, 2.45) is 0 Å². The van der Waals surface area contributed by atoms with E-state index in [2.05, 4.69) is 32.4 Å². The molecule has 0 bridgehead atoms.